The van der Waals surface area contributed by atoms with Gasteiger partial charge in [0.05, 0.1) is 10.1 Å². The fourth-order valence-corrected chi connectivity index (χ4v) is 4.51. The van der Waals surface area contributed by atoms with Gasteiger partial charge in [-0.1, -0.05) is 30.3 Å². The van der Waals surface area contributed by atoms with E-state index in [0.717, 1.165) is 11.3 Å². The van der Waals surface area contributed by atoms with Gasteiger partial charge in [-0.05, 0) is 36.6 Å². The molecule has 2 aromatic carbocycles. The zero-order valence-corrected chi connectivity index (χ0v) is 12.8. The molecule has 0 spiro atoms. The summed E-state index contributed by atoms with van der Waals surface area (Å²) in [5, 5.41) is 2.83. The van der Waals surface area contributed by atoms with Crippen molar-refractivity contribution in [1.82, 2.24) is 0 Å². The number of para-hydroxylation sites is 1. The minimum absolute atomic E-state index is 0.280. The molecule has 1 atom stereocenters. The van der Waals surface area contributed by atoms with Crippen LogP contribution in [-0.4, -0.2) is 26.5 Å². The highest BCUT2D eigenvalue weighted by Gasteiger charge is 2.29. The first-order valence-corrected chi connectivity index (χ1v) is 8.77. The van der Waals surface area contributed by atoms with Crippen LogP contribution in [0.2, 0.25) is 0 Å². The Morgan fingerprint density at radius 3 is 2.50 bits per heavy atom. The molecule has 0 bridgehead atoms. The molecule has 0 amide bonds. The van der Waals surface area contributed by atoms with Gasteiger partial charge in [-0.25, -0.2) is 8.42 Å². The van der Waals surface area contributed by atoms with Crippen LogP contribution >= 0.6 is 0 Å². The molecule has 1 heterocycles. The molecule has 5 heteroatoms. The van der Waals surface area contributed by atoms with Crippen LogP contribution in [0.5, 0.6) is 0 Å². The van der Waals surface area contributed by atoms with Crippen molar-refractivity contribution >= 4 is 21.8 Å². The Balaban J connectivity index is 1.93. The molecule has 1 aliphatic rings. The van der Waals surface area contributed by atoms with E-state index in [1.54, 1.807) is 12.1 Å². The van der Waals surface area contributed by atoms with E-state index < -0.39 is 15.1 Å². The summed E-state index contributed by atoms with van der Waals surface area (Å²) in [5.74, 6) is 0. The summed E-state index contributed by atoms with van der Waals surface area (Å²) in [6.45, 7) is 0.632. The summed E-state index contributed by atoms with van der Waals surface area (Å²) in [5.41, 5.74) is 2.52. The summed E-state index contributed by atoms with van der Waals surface area (Å²) < 4.78 is 25.7. The molecule has 0 saturated heterocycles. The number of aldehydes is 1. The van der Waals surface area contributed by atoms with Crippen molar-refractivity contribution < 1.29 is 13.2 Å². The van der Waals surface area contributed by atoms with Crippen LogP contribution in [0.1, 0.15) is 22.3 Å². The van der Waals surface area contributed by atoms with Gasteiger partial charge < -0.3 is 5.32 Å². The average molecular weight is 315 g/mol. The van der Waals surface area contributed by atoms with Crippen LogP contribution in [0.4, 0.5) is 5.69 Å². The van der Waals surface area contributed by atoms with Gasteiger partial charge in [-0.15, -0.1) is 0 Å². The Morgan fingerprint density at radius 2 is 1.77 bits per heavy atom. The summed E-state index contributed by atoms with van der Waals surface area (Å²) in [6.07, 6.45) is 1.77. The third-order valence-corrected chi connectivity index (χ3v) is 6.24. The van der Waals surface area contributed by atoms with Gasteiger partial charge in [-0.3, -0.25) is 4.79 Å². The molecule has 0 aliphatic carbocycles. The number of hydrogen-bond acceptors (Lipinski definition) is 4. The minimum atomic E-state index is -3.41. The zero-order chi connectivity index (χ0) is 15.6. The van der Waals surface area contributed by atoms with Crippen LogP contribution in [0.25, 0.3) is 0 Å². The predicted octanol–water partition coefficient (Wildman–Crippen LogP) is 2.70. The lowest BCUT2D eigenvalue weighted by Crippen LogP contribution is -2.24. The Morgan fingerprint density at radius 1 is 1.05 bits per heavy atom. The highest BCUT2D eigenvalue weighted by Crippen LogP contribution is 2.28. The van der Waals surface area contributed by atoms with E-state index in [9.17, 15) is 13.2 Å². The molecule has 1 unspecified atom stereocenters. The highest BCUT2D eigenvalue weighted by atomic mass is 32.2. The van der Waals surface area contributed by atoms with Crippen LogP contribution in [0.15, 0.2) is 53.4 Å². The van der Waals surface area contributed by atoms with Crippen molar-refractivity contribution in [1.29, 1.82) is 0 Å². The molecule has 22 heavy (non-hydrogen) atoms. The molecule has 0 saturated carbocycles. The predicted molar refractivity (Wildman–Crippen MR) is 86.1 cm³/mol. The van der Waals surface area contributed by atoms with E-state index in [1.807, 2.05) is 24.3 Å². The average Bonchev–Trinajstić information content (AvgIpc) is 2.77. The Labute approximate surface area is 130 Å². The highest BCUT2D eigenvalue weighted by molar-refractivity contribution is 7.92. The van der Waals surface area contributed by atoms with Crippen molar-refractivity contribution in [3.05, 3.63) is 59.7 Å². The molecule has 4 nitrogen and oxygen atoms in total. The number of benzene rings is 2. The van der Waals surface area contributed by atoms with Gasteiger partial charge in [0, 0.05) is 17.8 Å². The molecular formula is C17H17NO3S. The third-order valence-electron chi connectivity index (χ3n) is 4.03. The Hall–Kier alpha value is -2.14. The number of nitrogens with one attached hydrogen (secondary N) is 1. The van der Waals surface area contributed by atoms with Crippen LogP contribution in [-0.2, 0) is 16.3 Å². The number of rotatable bonds is 3. The SMILES string of the molecule is O=Cc1ccc(S(=O)(=O)C2CCNc3ccccc3C2)cc1. The molecule has 1 aliphatic heterocycles. The lowest BCUT2D eigenvalue weighted by Gasteiger charge is -2.15. The normalized spacial score (nSPS) is 17.9. The Kier molecular flexibility index (Phi) is 3.98. The maximum absolute atomic E-state index is 12.8. The van der Waals surface area contributed by atoms with Gasteiger partial charge in [-0.2, -0.15) is 0 Å². The van der Waals surface area contributed by atoms with Gasteiger partial charge in [0.1, 0.15) is 6.29 Å². The topological polar surface area (TPSA) is 63.2 Å². The van der Waals surface area contributed by atoms with E-state index >= 15 is 0 Å². The van der Waals surface area contributed by atoms with Gasteiger partial charge >= 0.3 is 0 Å². The smallest absolute Gasteiger partial charge is 0.181 e. The summed E-state index contributed by atoms with van der Waals surface area (Å²) in [7, 11) is -3.41. The van der Waals surface area contributed by atoms with Crippen LogP contribution in [0.3, 0.4) is 0 Å². The second kappa shape index (κ2) is 5.93. The van der Waals surface area contributed by atoms with Crippen LogP contribution < -0.4 is 5.32 Å². The monoisotopic (exact) mass is 315 g/mol. The van der Waals surface area contributed by atoms with Gasteiger partial charge in [0.2, 0.25) is 0 Å². The molecule has 0 aromatic heterocycles. The first-order valence-electron chi connectivity index (χ1n) is 7.22. The van der Waals surface area contributed by atoms with Gasteiger partial charge in [0.25, 0.3) is 0 Å². The van der Waals surface area contributed by atoms with Crippen molar-refractivity contribution in [3.63, 3.8) is 0 Å². The second-order valence-corrected chi connectivity index (χ2v) is 7.66. The minimum Gasteiger partial charge on any atom is -0.385 e. The molecule has 2 aromatic rings. The van der Waals surface area contributed by atoms with Crippen molar-refractivity contribution in [2.45, 2.75) is 23.0 Å². The van der Waals surface area contributed by atoms with E-state index in [4.69, 9.17) is 0 Å². The standard InChI is InChI=1S/C17H17NO3S/c19-12-13-5-7-15(8-6-13)22(20,21)16-9-10-18-17-4-2-1-3-14(17)11-16/h1-8,12,16,18H,9-11H2. The second-order valence-electron chi connectivity index (χ2n) is 5.43. The molecular weight excluding hydrogens is 298 g/mol. The summed E-state index contributed by atoms with van der Waals surface area (Å²) in [4.78, 5) is 11.0. The number of sulfone groups is 1. The van der Waals surface area contributed by atoms with E-state index in [-0.39, 0.29) is 4.90 Å². The lowest BCUT2D eigenvalue weighted by molar-refractivity contribution is 0.112. The maximum atomic E-state index is 12.8. The van der Waals surface area contributed by atoms with Crippen molar-refractivity contribution in [3.8, 4) is 0 Å². The number of carbonyl (C=O) groups excluding carboxylic acids is 1. The number of carbonyl (C=O) groups is 1. The molecule has 114 valence electrons. The summed E-state index contributed by atoms with van der Waals surface area (Å²) in [6, 6.07) is 13.9. The fraction of sp³-hybridized carbons (Fsp3) is 0.235. The van der Waals surface area contributed by atoms with Gasteiger partial charge in [0.15, 0.2) is 9.84 Å². The lowest BCUT2D eigenvalue weighted by atomic mass is 10.1. The first kappa shape index (κ1) is 14.8. The van der Waals surface area contributed by atoms with E-state index in [2.05, 4.69) is 5.32 Å². The quantitative estimate of drug-likeness (QED) is 0.885. The van der Waals surface area contributed by atoms with Crippen molar-refractivity contribution in [2.75, 3.05) is 11.9 Å². The van der Waals surface area contributed by atoms with Crippen molar-refractivity contribution in [2.24, 2.45) is 0 Å². The number of fused-ring (bicyclic) bond motifs is 1. The van der Waals surface area contributed by atoms with E-state index in [0.29, 0.717) is 31.2 Å². The fourth-order valence-electron chi connectivity index (χ4n) is 2.78. The molecule has 0 radical (unpaired) electrons. The molecule has 1 N–H and O–H groups in total. The van der Waals surface area contributed by atoms with E-state index in [1.165, 1.54) is 12.1 Å². The number of hydrogen-bond donors (Lipinski definition) is 1. The third kappa shape index (κ3) is 2.76. The summed E-state index contributed by atoms with van der Waals surface area (Å²) >= 11 is 0. The molecule has 0 fully saturated rings. The van der Waals surface area contributed by atoms with Crippen LogP contribution in [0, 0.1) is 0 Å². The number of anilines is 1. The molecule has 3 rings (SSSR count). The Bertz CT molecular complexity index is 782. The first-order chi connectivity index (χ1) is 10.6. The largest absolute Gasteiger partial charge is 0.385 e. The zero-order valence-electron chi connectivity index (χ0n) is 12.0. The maximum Gasteiger partial charge on any atom is 0.181 e.